The van der Waals surface area contributed by atoms with Gasteiger partial charge >= 0.3 is 0 Å². The topological polar surface area (TPSA) is 55.5 Å². The second-order valence-corrected chi connectivity index (χ2v) is 8.91. The van der Waals surface area contributed by atoms with E-state index in [0.717, 1.165) is 32.2 Å². The molecule has 0 saturated carbocycles. The van der Waals surface area contributed by atoms with E-state index >= 15 is 0 Å². The minimum atomic E-state index is 0. The summed E-state index contributed by atoms with van der Waals surface area (Å²) in [5, 5.41) is 9.82. The smallest absolute Gasteiger partial charge is 0.154 e. The Morgan fingerprint density at radius 3 is 1.86 bits per heavy atom. The third kappa shape index (κ3) is 5.36. The number of nitrogens with two attached hydrogens (primary N) is 1. The van der Waals surface area contributed by atoms with Crippen molar-refractivity contribution in [3.05, 3.63) is 44.1 Å². The zero-order valence-corrected chi connectivity index (χ0v) is 20.5. The van der Waals surface area contributed by atoms with Gasteiger partial charge in [-0.1, -0.05) is 0 Å². The first-order valence-corrected chi connectivity index (χ1v) is 10.3. The fourth-order valence-corrected chi connectivity index (χ4v) is 5.57. The van der Waals surface area contributed by atoms with Gasteiger partial charge in [-0.15, -0.1) is 12.4 Å². The van der Waals surface area contributed by atoms with Gasteiger partial charge in [0.2, 0.25) is 0 Å². The number of benzene rings is 2. The number of hydrogen-bond donors (Lipinski definition) is 2. The molecule has 0 spiro atoms. The van der Waals surface area contributed by atoms with Gasteiger partial charge in [-0.2, -0.15) is 0 Å². The van der Waals surface area contributed by atoms with Crippen LogP contribution in [0, 0.1) is 14.3 Å². The summed E-state index contributed by atoms with van der Waals surface area (Å²) in [5.74, 6) is 1.87. The third-order valence-corrected chi connectivity index (χ3v) is 5.95. The third-order valence-electron chi connectivity index (χ3n) is 2.70. The maximum absolute atomic E-state index is 9.82. The molecular formula is C14H12ClI4NO2. The van der Waals surface area contributed by atoms with Gasteiger partial charge in [0.1, 0.15) is 11.5 Å². The van der Waals surface area contributed by atoms with Gasteiger partial charge in [0.05, 0.1) is 14.3 Å². The van der Waals surface area contributed by atoms with E-state index in [1.165, 1.54) is 5.56 Å². The molecule has 0 aromatic heterocycles. The standard InChI is InChI=1S/C14H11I4NO2.ClH/c15-9-5-8(6-10(16)13(9)20)21-14-11(17)3-7(1-2-19)4-12(14)18;/h3-6,20H,1-2,19H2;1H. The molecular weight excluding hydrogens is 757 g/mol. The number of rotatable bonds is 4. The Kier molecular flexibility index (Phi) is 9.30. The number of phenolic OH excluding ortho intramolecular Hbond substituents is 1. The van der Waals surface area contributed by atoms with Crippen LogP contribution in [0.25, 0.3) is 0 Å². The second kappa shape index (κ2) is 9.63. The Hall–Kier alpha value is 1.21. The highest BCUT2D eigenvalue weighted by atomic mass is 127. The van der Waals surface area contributed by atoms with Crippen molar-refractivity contribution in [2.45, 2.75) is 6.42 Å². The monoisotopic (exact) mass is 769 g/mol. The minimum absolute atomic E-state index is 0. The molecule has 0 unspecified atom stereocenters. The van der Waals surface area contributed by atoms with Crippen molar-refractivity contribution in [3.8, 4) is 17.2 Å². The predicted octanol–water partition coefficient (Wildman–Crippen LogP) is 5.53. The van der Waals surface area contributed by atoms with E-state index in [4.69, 9.17) is 10.5 Å². The molecule has 2 rings (SSSR count). The average molecular weight is 769 g/mol. The van der Waals surface area contributed by atoms with E-state index in [-0.39, 0.29) is 12.4 Å². The molecule has 3 N–H and O–H groups in total. The Morgan fingerprint density at radius 2 is 1.41 bits per heavy atom. The van der Waals surface area contributed by atoms with Crippen molar-refractivity contribution in [2.24, 2.45) is 5.73 Å². The molecule has 2 aromatic rings. The number of phenols is 1. The van der Waals surface area contributed by atoms with Crippen LogP contribution in [0.3, 0.4) is 0 Å². The molecule has 8 heteroatoms. The summed E-state index contributed by atoms with van der Waals surface area (Å²) >= 11 is 8.76. The Balaban J connectivity index is 0.00000242. The van der Waals surface area contributed by atoms with E-state index in [1.807, 2.05) is 12.1 Å². The minimum Gasteiger partial charge on any atom is -0.506 e. The van der Waals surface area contributed by atoms with Crippen LogP contribution in [0.15, 0.2) is 24.3 Å². The van der Waals surface area contributed by atoms with Crippen LogP contribution >= 0.6 is 103 Å². The van der Waals surface area contributed by atoms with Crippen molar-refractivity contribution >= 4 is 103 Å². The number of ether oxygens (including phenoxy) is 1. The summed E-state index contributed by atoms with van der Waals surface area (Å²) in [4.78, 5) is 0. The predicted molar refractivity (Wildman–Crippen MR) is 125 cm³/mol. The lowest BCUT2D eigenvalue weighted by atomic mass is 10.1. The van der Waals surface area contributed by atoms with E-state index in [1.54, 1.807) is 0 Å². The molecule has 0 aliphatic rings. The summed E-state index contributed by atoms with van der Waals surface area (Å²) in [6.45, 7) is 0.640. The quantitative estimate of drug-likeness (QED) is 0.403. The molecule has 0 aliphatic heterocycles. The van der Waals surface area contributed by atoms with Crippen LogP contribution in [-0.4, -0.2) is 11.7 Å². The molecule has 0 radical (unpaired) electrons. The molecule has 120 valence electrons. The lowest BCUT2D eigenvalue weighted by molar-refractivity contribution is 0.455. The molecule has 0 atom stereocenters. The van der Waals surface area contributed by atoms with Crippen molar-refractivity contribution in [1.82, 2.24) is 0 Å². The second-order valence-electron chi connectivity index (χ2n) is 4.26. The Morgan fingerprint density at radius 1 is 0.909 bits per heavy atom. The average Bonchev–Trinajstić information content (AvgIpc) is 2.40. The van der Waals surface area contributed by atoms with Crippen LogP contribution < -0.4 is 10.5 Å². The van der Waals surface area contributed by atoms with Gasteiger partial charge in [-0.3, -0.25) is 0 Å². The summed E-state index contributed by atoms with van der Waals surface area (Å²) in [6.07, 6.45) is 0.862. The fraction of sp³-hybridized carbons (Fsp3) is 0.143. The highest BCUT2D eigenvalue weighted by Crippen LogP contribution is 2.36. The van der Waals surface area contributed by atoms with Crippen molar-refractivity contribution in [3.63, 3.8) is 0 Å². The number of halogens is 5. The maximum Gasteiger partial charge on any atom is 0.154 e. The Bertz CT molecular complexity index is 636. The first-order chi connectivity index (χ1) is 9.92. The van der Waals surface area contributed by atoms with Crippen LogP contribution in [0.2, 0.25) is 0 Å². The molecule has 0 heterocycles. The van der Waals surface area contributed by atoms with E-state index in [2.05, 4.69) is 102 Å². The summed E-state index contributed by atoms with van der Waals surface area (Å²) in [6, 6.07) is 7.86. The van der Waals surface area contributed by atoms with Gasteiger partial charge in [-0.05, 0) is 133 Å². The molecule has 0 fully saturated rings. The molecule has 0 bridgehead atoms. The van der Waals surface area contributed by atoms with Gasteiger partial charge in [0, 0.05) is 0 Å². The van der Waals surface area contributed by atoms with Gasteiger partial charge in [0.15, 0.2) is 5.75 Å². The van der Waals surface area contributed by atoms with Gasteiger partial charge in [-0.25, -0.2) is 0 Å². The maximum atomic E-state index is 9.82. The molecule has 2 aromatic carbocycles. The first kappa shape index (κ1) is 21.3. The largest absolute Gasteiger partial charge is 0.506 e. The molecule has 22 heavy (non-hydrogen) atoms. The van der Waals surface area contributed by atoms with Crippen LogP contribution in [-0.2, 0) is 6.42 Å². The Labute approximate surface area is 190 Å². The zero-order chi connectivity index (χ0) is 15.6. The molecule has 0 saturated heterocycles. The highest BCUT2D eigenvalue weighted by molar-refractivity contribution is 14.1. The fourth-order valence-electron chi connectivity index (χ4n) is 1.74. The normalized spacial score (nSPS) is 10.2. The van der Waals surface area contributed by atoms with Crippen molar-refractivity contribution in [1.29, 1.82) is 0 Å². The molecule has 0 amide bonds. The summed E-state index contributed by atoms with van der Waals surface area (Å²) in [5.41, 5.74) is 6.82. The van der Waals surface area contributed by atoms with Gasteiger partial charge in [0.25, 0.3) is 0 Å². The lowest BCUT2D eigenvalue weighted by Gasteiger charge is -2.13. The van der Waals surface area contributed by atoms with Crippen LogP contribution in [0.4, 0.5) is 0 Å². The molecule has 0 aliphatic carbocycles. The summed E-state index contributed by atoms with van der Waals surface area (Å²) < 4.78 is 9.69. The zero-order valence-electron chi connectivity index (χ0n) is 11.1. The van der Waals surface area contributed by atoms with Crippen molar-refractivity contribution in [2.75, 3.05) is 6.54 Å². The van der Waals surface area contributed by atoms with Crippen molar-refractivity contribution < 1.29 is 9.84 Å². The SMILES string of the molecule is Cl.NCCc1cc(I)c(Oc2cc(I)c(O)c(I)c2)c(I)c1. The number of hydrogen-bond acceptors (Lipinski definition) is 3. The van der Waals surface area contributed by atoms with E-state index in [0.29, 0.717) is 12.3 Å². The highest BCUT2D eigenvalue weighted by Gasteiger charge is 2.12. The van der Waals surface area contributed by atoms with E-state index in [9.17, 15) is 5.11 Å². The summed E-state index contributed by atoms with van der Waals surface area (Å²) in [7, 11) is 0. The van der Waals surface area contributed by atoms with Crippen LogP contribution in [0.5, 0.6) is 17.2 Å². The number of aromatic hydroxyl groups is 1. The van der Waals surface area contributed by atoms with Crippen LogP contribution in [0.1, 0.15) is 5.56 Å². The lowest BCUT2D eigenvalue weighted by Crippen LogP contribution is -2.04. The molecule has 3 nitrogen and oxygen atoms in total. The van der Waals surface area contributed by atoms with Gasteiger partial charge < -0.3 is 15.6 Å². The van der Waals surface area contributed by atoms with E-state index < -0.39 is 0 Å². The first-order valence-electron chi connectivity index (χ1n) is 5.96.